The van der Waals surface area contributed by atoms with Crippen LogP contribution < -0.4 is 5.32 Å². The van der Waals surface area contributed by atoms with Crippen LogP contribution in [0.15, 0.2) is 53.7 Å². The van der Waals surface area contributed by atoms with E-state index in [0.717, 1.165) is 12.8 Å². The number of hydrogen-bond acceptors (Lipinski definition) is 7. The molecule has 0 aromatic carbocycles. The van der Waals surface area contributed by atoms with Gasteiger partial charge in [0, 0.05) is 25.2 Å². The number of carbonyl (C=O) groups is 1. The summed E-state index contributed by atoms with van der Waals surface area (Å²) in [7, 11) is 0. The topological polar surface area (TPSA) is 124 Å². The van der Waals surface area contributed by atoms with Crippen LogP contribution in [-0.2, 0) is 4.74 Å². The third kappa shape index (κ3) is 3.84. The van der Waals surface area contributed by atoms with E-state index < -0.39 is 5.91 Å². The van der Waals surface area contributed by atoms with Gasteiger partial charge >= 0.3 is 0 Å². The molecular formula is C21H21N7O3. The Labute approximate surface area is 177 Å². The summed E-state index contributed by atoms with van der Waals surface area (Å²) in [6.45, 7) is 2.70. The lowest BCUT2D eigenvalue weighted by Crippen LogP contribution is -2.33. The number of anilines is 1. The second kappa shape index (κ2) is 8.15. The molecule has 4 heterocycles. The quantitative estimate of drug-likeness (QED) is 0.471. The number of carbonyl (C=O) groups excluding carboxylic acids is 1. The van der Waals surface area contributed by atoms with Crippen molar-refractivity contribution in [3.63, 3.8) is 0 Å². The van der Waals surface area contributed by atoms with Crippen molar-refractivity contribution in [2.45, 2.75) is 31.9 Å². The molecule has 0 radical (unpaired) electrons. The minimum Gasteiger partial charge on any atom is -0.444 e. The maximum atomic E-state index is 12.8. The number of hydrogen-bond donors (Lipinski definition) is 2. The Bertz CT molecular complexity index is 1160. The number of nitrogens with zero attached hydrogens (tertiary/aromatic N) is 5. The van der Waals surface area contributed by atoms with E-state index in [9.17, 15) is 4.79 Å². The summed E-state index contributed by atoms with van der Waals surface area (Å²) in [4.78, 5) is 21.5. The molecule has 1 saturated carbocycles. The lowest BCUT2D eigenvalue weighted by atomic mass is 9.89. The summed E-state index contributed by atoms with van der Waals surface area (Å²) in [6, 6.07) is 5.81. The Morgan fingerprint density at radius 2 is 2.29 bits per heavy atom. The Morgan fingerprint density at radius 1 is 1.39 bits per heavy atom. The largest absolute Gasteiger partial charge is 0.444 e. The van der Waals surface area contributed by atoms with Gasteiger partial charge in [0.25, 0.3) is 5.91 Å². The van der Waals surface area contributed by atoms with Crippen LogP contribution in [0.4, 0.5) is 5.69 Å². The Hall–Kier alpha value is -3.79. The van der Waals surface area contributed by atoms with Crippen molar-refractivity contribution in [2.75, 3.05) is 11.9 Å². The van der Waals surface area contributed by atoms with E-state index in [1.165, 1.54) is 6.26 Å². The molecule has 31 heavy (non-hydrogen) atoms. The maximum Gasteiger partial charge on any atom is 0.277 e. The van der Waals surface area contributed by atoms with Crippen molar-refractivity contribution < 1.29 is 13.9 Å². The normalized spacial score (nSPS) is 18.0. The van der Waals surface area contributed by atoms with Crippen LogP contribution in [0.1, 0.15) is 36.3 Å². The molecule has 4 aromatic rings. The first kappa shape index (κ1) is 19.2. The Morgan fingerprint density at radius 3 is 3.03 bits per heavy atom. The van der Waals surface area contributed by atoms with E-state index >= 15 is 0 Å². The van der Waals surface area contributed by atoms with E-state index in [4.69, 9.17) is 14.3 Å². The summed E-state index contributed by atoms with van der Waals surface area (Å²) in [6.07, 6.45) is 10.1. The van der Waals surface area contributed by atoms with Crippen LogP contribution in [0.5, 0.6) is 0 Å². The molecule has 10 heteroatoms. The fraction of sp³-hybridized carbons (Fsp3) is 0.286. The molecule has 0 aliphatic heterocycles. The minimum atomic E-state index is -0.393. The number of ether oxygens (including phenoxy) is 1. The fourth-order valence-corrected chi connectivity index (χ4v) is 3.55. The predicted octanol–water partition coefficient (Wildman–Crippen LogP) is 3.32. The molecule has 5 rings (SSSR count). The fourth-order valence-electron chi connectivity index (χ4n) is 3.55. The zero-order valence-electron chi connectivity index (χ0n) is 16.9. The number of aromatic nitrogens is 6. The van der Waals surface area contributed by atoms with Gasteiger partial charge in [-0.1, -0.05) is 6.07 Å². The van der Waals surface area contributed by atoms with Crippen molar-refractivity contribution in [3.8, 4) is 22.8 Å². The highest BCUT2D eigenvalue weighted by Crippen LogP contribution is 2.36. The molecule has 2 N–H and O–H groups in total. The molecule has 1 fully saturated rings. The second-order valence-electron chi connectivity index (χ2n) is 7.27. The van der Waals surface area contributed by atoms with Crippen molar-refractivity contribution >= 4 is 11.6 Å². The highest BCUT2D eigenvalue weighted by Gasteiger charge is 2.32. The molecule has 158 valence electrons. The van der Waals surface area contributed by atoms with Gasteiger partial charge in [-0.2, -0.15) is 10.2 Å². The van der Waals surface area contributed by atoms with E-state index in [2.05, 4.69) is 25.5 Å². The number of rotatable bonds is 7. The minimum absolute atomic E-state index is 0.163. The molecule has 0 saturated heterocycles. The van der Waals surface area contributed by atoms with Crippen molar-refractivity contribution in [2.24, 2.45) is 0 Å². The zero-order valence-corrected chi connectivity index (χ0v) is 16.9. The Balaban J connectivity index is 1.39. The van der Waals surface area contributed by atoms with Gasteiger partial charge in [0.05, 0.1) is 35.3 Å². The van der Waals surface area contributed by atoms with Crippen molar-refractivity contribution in [1.82, 2.24) is 29.9 Å². The van der Waals surface area contributed by atoms with Crippen molar-refractivity contribution in [1.29, 1.82) is 0 Å². The molecule has 0 spiro atoms. The van der Waals surface area contributed by atoms with Crippen LogP contribution in [0.3, 0.4) is 0 Å². The molecular weight excluding hydrogens is 398 g/mol. The first-order chi connectivity index (χ1) is 15.2. The van der Waals surface area contributed by atoms with Gasteiger partial charge in [-0.15, -0.1) is 0 Å². The average Bonchev–Trinajstić information content (AvgIpc) is 3.51. The number of nitrogens with one attached hydrogen (secondary N) is 2. The van der Waals surface area contributed by atoms with E-state index in [1.54, 1.807) is 18.6 Å². The highest BCUT2D eigenvalue weighted by molar-refractivity contribution is 6.04. The van der Waals surface area contributed by atoms with Gasteiger partial charge < -0.3 is 14.5 Å². The molecule has 1 aliphatic carbocycles. The van der Waals surface area contributed by atoms with Crippen LogP contribution in [-0.4, -0.2) is 48.6 Å². The lowest BCUT2D eigenvalue weighted by molar-refractivity contribution is -0.0226. The first-order valence-corrected chi connectivity index (χ1v) is 10.1. The summed E-state index contributed by atoms with van der Waals surface area (Å²) in [5.74, 6) is -0.0768. The summed E-state index contributed by atoms with van der Waals surface area (Å²) in [5.41, 5.74) is 2.67. The number of H-pyrrole nitrogens is 1. The number of amides is 1. The molecule has 0 bridgehead atoms. The highest BCUT2D eigenvalue weighted by atomic mass is 16.5. The van der Waals surface area contributed by atoms with Crippen molar-refractivity contribution in [3.05, 3.63) is 54.9 Å². The van der Waals surface area contributed by atoms with Crippen LogP contribution in [0, 0.1) is 0 Å². The molecule has 0 atom stereocenters. The third-order valence-electron chi connectivity index (χ3n) is 5.22. The molecule has 4 aromatic heterocycles. The lowest BCUT2D eigenvalue weighted by Gasteiger charge is -2.34. The zero-order chi connectivity index (χ0) is 21.2. The smallest absolute Gasteiger partial charge is 0.277 e. The van der Waals surface area contributed by atoms with E-state index in [-0.39, 0.29) is 17.8 Å². The average molecular weight is 419 g/mol. The molecule has 1 amide bonds. The molecule has 10 nitrogen and oxygen atoms in total. The van der Waals surface area contributed by atoms with Gasteiger partial charge in [0.1, 0.15) is 12.0 Å². The monoisotopic (exact) mass is 419 g/mol. The predicted molar refractivity (Wildman–Crippen MR) is 111 cm³/mol. The standard InChI is InChI=1S/C21H21N7O3/c1-2-30-15-7-14(8-15)28-11-17(19(27-28)16-5-3-4-6-22-16)25-20(29)18-12-31-21(26-18)13-9-23-24-10-13/h3-6,9-12,14-15H,2,7-8H2,1H3,(H,23,24)(H,25,29). The number of pyridine rings is 1. The van der Waals surface area contributed by atoms with Gasteiger partial charge in [-0.05, 0) is 31.9 Å². The second-order valence-corrected chi connectivity index (χ2v) is 7.27. The number of aromatic amines is 1. The molecule has 1 aliphatic rings. The van der Waals surface area contributed by atoms with E-state index in [0.29, 0.717) is 35.1 Å². The maximum absolute atomic E-state index is 12.8. The third-order valence-corrected chi connectivity index (χ3v) is 5.22. The van der Waals surface area contributed by atoms with Gasteiger partial charge in [-0.3, -0.25) is 19.6 Å². The van der Waals surface area contributed by atoms with Gasteiger partial charge in [0.15, 0.2) is 5.69 Å². The summed E-state index contributed by atoms with van der Waals surface area (Å²) in [5, 5.41) is 14.2. The molecule has 0 unspecified atom stereocenters. The van der Waals surface area contributed by atoms with Gasteiger partial charge in [-0.25, -0.2) is 4.98 Å². The summed E-state index contributed by atoms with van der Waals surface area (Å²) < 4.78 is 13.0. The van der Waals surface area contributed by atoms with Gasteiger partial charge in [0.2, 0.25) is 5.89 Å². The van der Waals surface area contributed by atoms with Crippen LogP contribution >= 0.6 is 0 Å². The van der Waals surface area contributed by atoms with Crippen LogP contribution in [0.2, 0.25) is 0 Å². The SMILES string of the molecule is CCOC1CC(n2cc(NC(=O)c3coc(-c4cn[nH]c4)n3)c(-c3ccccn3)n2)C1. The Kier molecular flexibility index (Phi) is 5.04. The van der Waals surface area contributed by atoms with Crippen LogP contribution in [0.25, 0.3) is 22.8 Å². The van der Waals surface area contributed by atoms with E-state index in [1.807, 2.05) is 36.0 Å². The first-order valence-electron chi connectivity index (χ1n) is 10.1. The number of oxazole rings is 1. The summed E-state index contributed by atoms with van der Waals surface area (Å²) >= 11 is 0.